The van der Waals surface area contributed by atoms with E-state index >= 15 is 0 Å². The quantitative estimate of drug-likeness (QED) is 0.815. The van der Waals surface area contributed by atoms with Gasteiger partial charge in [0, 0.05) is 57.5 Å². The molecule has 2 aliphatic heterocycles. The van der Waals surface area contributed by atoms with Crippen LogP contribution in [0.2, 0.25) is 0 Å². The minimum absolute atomic E-state index is 0.113. The molecule has 3 heterocycles. The van der Waals surface area contributed by atoms with Crippen LogP contribution in [0.15, 0.2) is 18.5 Å². The fourth-order valence-electron chi connectivity index (χ4n) is 4.36. The number of aromatic nitrogens is 2. The van der Waals surface area contributed by atoms with Gasteiger partial charge in [-0.25, -0.2) is 9.97 Å². The first-order valence-corrected chi connectivity index (χ1v) is 9.57. The predicted octanol–water partition coefficient (Wildman–Crippen LogP) is 1.82. The molecule has 6 nitrogen and oxygen atoms in total. The molecule has 3 fully saturated rings. The molecule has 0 N–H and O–H groups in total. The molecule has 1 amide bonds. The summed E-state index contributed by atoms with van der Waals surface area (Å²) < 4.78 is 6.01. The van der Waals surface area contributed by atoms with Crippen LogP contribution in [0.5, 0.6) is 0 Å². The van der Waals surface area contributed by atoms with E-state index in [-0.39, 0.29) is 5.92 Å². The highest BCUT2D eigenvalue weighted by Crippen LogP contribution is 2.37. The van der Waals surface area contributed by atoms with E-state index in [0.717, 1.165) is 57.6 Å². The molecule has 1 aromatic heterocycles. The maximum absolute atomic E-state index is 12.7. The first kappa shape index (κ1) is 16.8. The first-order chi connectivity index (χ1) is 12.2. The van der Waals surface area contributed by atoms with Crippen molar-refractivity contribution in [2.75, 3.05) is 44.8 Å². The fraction of sp³-hybridized carbons (Fsp3) is 0.737. The molecule has 0 radical (unpaired) electrons. The normalized spacial score (nSPS) is 30.1. The van der Waals surface area contributed by atoms with E-state index in [9.17, 15) is 4.79 Å². The Morgan fingerprint density at radius 1 is 1.12 bits per heavy atom. The van der Waals surface area contributed by atoms with Crippen LogP contribution in [0.25, 0.3) is 0 Å². The number of nitrogens with zero attached hydrogens (tertiary/aromatic N) is 4. The maximum Gasteiger partial charge on any atom is 0.225 e. The Labute approximate surface area is 149 Å². The average molecular weight is 344 g/mol. The zero-order valence-corrected chi connectivity index (χ0v) is 15.0. The number of hydrogen-bond acceptors (Lipinski definition) is 5. The summed E-state index contributed by atoms with van der Waals surface area (Å²) in [5.74, 6) is 2.85. The average Bonchev–Trinajstić information content (AvgIpc) is 3.46. The smallest absolute Gasteiger partial charge is 0.225 e. The van der Waals surface area contributed by atoms with Gasteiger partial charge in [0.1, 0.15) is 0 Å². The van der Waals surface area contributed by atoms with E-state index in [1.807, 2.05) is 18.0 Å². The van der Waals surface area contributed by atoms with E-state index in [1.54, 1.807) is 12.4 Å². The maximum atomic E-state index is 12.7. The predicted molar refractivity (Wildman–Crippen MR) is 95.1 cm³/mol. The Bertz CT molecular complexity index is 592. The summed E-state index contributed by atoms with van der Waals surface area (Å²) in [6, 6.07) is 1.84. The van der Waals surface area contributed by atoms with Crippen LogP contribution in [0.3, 0.4) is 0 Å². The van der Waals surface area contributed by atoms with Gasteiger partial charge in [0.15, 0.2) is 0 Å². The van der Waals surface area contributed by atoms with Gasteiger partial charge in [0.05, 0.1) is 6.61 Å². The van der Waals surface area contributed by atoms with Crippen molar-refractivity contribution in [3.8, 4) is 0 Å². The number of amides is 1. The van der Waals surface area contributed by atoms with Crippen LogP contribution in [-0.2, 0) is 9.53 Å². The zero-order chi connectivity index (χ0) is 17.2. The third kappa shape index (κ3) is 3.78. The Kier molecular flexibility index (Phi) is 4.88. The number of carbonyl (C=O) groups excluding carboxylic acids is 1. The third-order valence-electron chi connectivity index (χ3n) is 5.98. The second kappa shape index (κ2) is 7.28. The van der Waals surface area contributed by atoms with Gasteiger partial charge in [0.2, 0.25) is 11.9 Å². The number of hydrogen-bond donors (Lipinski definition) is 0. The van der Waals surface area contributed by atoms with Crippen molar-refractivity contribution in [3.63, 3.8) is 0 Å². The monoisotopic (exact) mass is 344 g/mol. The molecule has 136 valence electrons. The molecule has 1 saturated carbocycles. The van der Waals surface area contributed by atoms with Crippen molar-refractivity contribution in [3.05, 3.63) is 18.5 Å². The van der Waals surface area contributed by atoms with Gasteiger partial charge in [-0.2, -0.15) is 0 Å². The van der Waals surface area contributed by atoms with E-state index in [1.165, 1.54) is 12.8 Å². The highest BCUT2D eigenvalue weighted by molar-refractivity contribution is 5.80. The van der Waals surface area contributed by atoms with Gasteiger partial charge < -0.3 is 14.5 Å². The van der Waals surface area contributed by atoms with E-state index in [4.69, 9.17) is 4.74 Å². The second-order valence-electron chi connectivity index (χ2n) is 7.84. The van der Waals surface area contributed by atoms with Crippen molar-refractivity contribution < 1.29 is 9.53 Å². The second-order valence-corrected chi connectivity index (χ2v) is 7.84. The topological polar surface area (TPSA) is 58.6 Å². The largest absolute Gasteiger partial charge is 0.381 e. The van der Waals surface area contributed by atoms with Gasteiger partial charge in [-0.05, 0) is 43.6 Å². The Hall–Kier alpha value is -1.69. The van der Waals surface area contributed by atoms with Crippen molar-refractivity contribution in [1.82, 2.24) is 14.9 Å². The number of anilines is 1. The summed E-state index contributed by atoms with van der Waals surface area (Å²) >= 11 is 0. The number of piperidine rings is 1. The summed E-state index contributed by atoms with van der Waals surface area (Å²) in [6.45, 7) is 4.28. The summed E-state index contributed by atoms with van der Waals surface area (Å²) in [5, 5.41) is 0. The summed E-state index contributed by atoms with van der Waals surface area (Å²) in [7, 11) is 1.94. The molecule has 3 atom stereocenters. The lowest BCUT2D eigenvalue weighted by Crippen LogP contribution is -2.50. The van der Waals surface area contributed by atoms with Crippen LogP contribution < -0.4 is 4.90 Å². The summed E-state index contributed by atoms with van der Waals surface area (Å²) in [4.78, 5) is 25.6. The molecule has 1 aliphatic carbocycles. The lowest BCUT2D eigenvalue weighted by molar-refractivity contribution is -0.144. The Morgan fingerprint density at radius 2 is 1.88 bits per heavy atom. The van der Waals surface area contributed by atoms with Crippen molar-refractivity contribution in [2.24, 2.45) is 23.7 Å². The number of likely N-dealkylation sites (tertiary alicyclic amines) is 1. The van der Waals surface area contributed by atoms with Crippen LogP contribution in [-0.4, -0.2) is 60.7 Å². The number of fused-ring (bicyclic) bond motifs is 1. The van der Waals surface area contributed by atoms with Gasteiger partial charge in [-0.3, -0.25) is 4.79 Å². The molecule has 4 rings (SSSR count). The number of ether oxygens (including phenoxy) is 1. The molecule has 25 heavy (non-hydrogen) atoms. The van der Waals surface area contributed by atoms with Gasteiger partial charge >= 0.3 is 0 Å². The standard InChI is InChI=1S/C19H28N4O2/c1-22-11-15(13-25-12-14-3-4-14)16-5-9-23(10-6-17(16)18(22)24)19-20-7-2-8-21-19/h2,7-8,14-17H,3-6,9-13H2,1H3/t15-,16-,17-/m0/s1. The summed E-state index contributed by atoms with van der Waals surface area (Å²) in [6.07, 6.45) is 8.11. The van der Waals surface area contributed by atoms with Gasteiger partial charge in [-0.15, -0.1) is 0 Å². The molecule has 0 bridgehead atoms. The minimum atomic E-state index is 0.113. The van der Waals surface area contributed by atoms with Gasteiger partial charge in [-0.1, -0.05) is 0 Å². The lowest BCUT2D eigenvalue weighted by atomic mass is 9.75. The van der Waals surface area contributed by atoms with E-state index in [0.29, 0.717) is 17.7 Å². The summed E-state index contributed by atoms with van der Waals surface area (Å²) in [5.41, 5.74) is 0. The SMILES string of the molecule is CN1C[C@@H](COCC2CC2)[C@@H]2CCN(c3ncccn3)CC[C@@H]2C1=O. The Morgan fingerprint density at radius 3 is 2.64 bits per heavy atom. The third-order valence-corrected chi connectivity index (χ3v) is 5.98. The van der Waals surface area contributed by atoms with E-state index in [2.05, 4.69) is 14.9 Å². The molecule has 2 saturated heterocycles. The highest BCUT2D eigenvalue weighted by atomic mass is 16.5. The van der Waals surface area contributed by atoms with Gasteiger partial charge in [0.25, 0.3) is 0 Å². The highest BCUT2D eigenvalue weighted by Gasteiger charge is 2.42. The number of rotatable bonds is 5. The zero-order valence-electron chi connectivity index (χ0n) is 15.0. The molecule has 0 unspecified atom stereocenters. The molecule has 0 spiro atoms. The molecule has 3 aliphatic rings. The lowest BCUT2D eigenvalue weighted by Gasteiger charge is -2.41. The molecular formula is C19H28N4O2. The van der Waals surface area contributed by atoms with Crippen molar-refractivity contribution in [2.45, 2.75) is 25.7 Å². The molecule has 6 heteroatoms. The van der Waals surface area contributed by atoms with Crippen LogP contribution in [0.4, 0.5) is 5.95 Å². The minimum Gasteiger partial charge on any atom is -0.381 e. The van der Waals surface area contributed by atoms with Crippen molar-refractivity contribution in [1.29, 1.82) is 0 Å². The molecule has 1 aromatic rings. The Balaban J connectivity index is 1.44. The fourth-order valence-corrected chi connectivity index (χ4v) is 4.36. The molecule has 0 aromatic carbocycles. The van der Waals surface area contributed by atoms with Crippen LogP contribution in [0, 0.1) is 23.7 Å². The molecular weight excluding hydrogens is 316 g/mol. The first-order valence-electron chi connectivity index (χ1n) is 9.57. The van der Waals surface area contributed by atoms with Crippen LogP contribution in [0.1, 0.15) is 25.7 Å². The van der Waals surface area contributed by atoms with E-state index < -0.39 is 0 Å². The van der Waals surface area contributed by atoms with Crippen molar-refractivity contribution >= 4 is 11.9 Å². The number of carbonyl (C=O) groups is 1. The van der Waals surface area contributed by atoms with Crippen LogP contribution >= 0.6 is 0 Å².